The van der Waals surface area contributed by atoms with Crippen LogP contribution in [0.2, 0.25) is 0 Å². The number of para-hydroxylation sites is 1. The summed E-state index contributed by atoms with van der Waals surface area (Å²) >= 11 is 0. The molecule has 0 spiro atoms. The van der Waals surface area contributed by atoms with Crippen LogP contribution >= 0.6 is 0 Å². The number of carbonyl (C=O) groups is 1. The number of hydrogen-bond donors (Lipinski definition) is 2. The standard InChI is InChI=1S/C19H23NO3/c1-4-14(3)15-7-5-6-8-18(15)23-12-19(22)20-16-11-13(2)9-10-17(16)21/h5-11,14,21H,4,12H2,1-3H3,(H,20,22). The largest absolute Gasteiger partial charge is 0.506 e. The maximum atomic E-state index is 12.1. The van der Waals surface area contributed by atoms with E-state index >= 15 is 0 Å². The van der Waals surface area contributed by atoms with Crippen molar-refractivity contribution in [2.24, 2.45) is 0 Å². The van der Waals surface area contributed by atoms with Crippen LogP contribution in [0.4, 0.5) is 5.69 Å². The summed E-state index contributed by atoms with van der Waals surface area (Å²) < 4.78 is 5.67. The fourth-order valence-corrected chi connectivity index (χ4v) is 2.32. The van der Waals surface area contributed by atoms with Crippen molar-refractivity contribution in [2.75, 3.05) is 11.9 Å². The summed E-state index contributed by atoms with van der Waals surface area (Å²) in [7, 11) is 0. The summed E-state index contributed by atoms with van der Waals surface area (Å²) in [6.45, 7) is 6.05. The Balaban J connectivity index is 2.01. The number of amides is 1. The number of ether oxygens (including phenoxy) is 1. The molecule has 4 nitrogen and oxygen atoms in total. The summed E-state index contributed by atoms with van der Waals surface area (Å²) in [6, 6.07) is 12.8. The molecule has 0 saturated carbocycles. The van der Waals surface area contributed by atoms with Gasteiger partial charge in [-0.05, 0) is 48.6 Å². The van der Waals surface area contributed by atoms with Crippen LogP contribution in [0.5, 0.6) is 11.5 Å². The molecule has 2 aromatic carbocycles. The number of aromatic hydroxyl groups is 1. The first kappa shape index (κ1) is 16.9. The second-order valence-electron chi connectivity index (χ2n) is 5.70. The van der Waals surface area contributed by atoms with Crippen LogP contribution in [0.3, 0.4) is 0 Å². The van der Waals surface area contributed by atoms with Crippen LogP contribution in [-0.2, 0) is 4.79 Å². The Hall–Kier alpha value is -2.49. The first-order chi connectivity index (χ1) is 11.0. The molecule has 2 N–H and O–H groups in total. The quantitative estimate of drug-likeness (QED) is 0.785. The van der Waals surface area contributed by atoms with E-state index in [9.17, 15) is 9.90 Å². The zero-order valence-electron chi connectivity index (χ0n) is 13.8. The number of nitrogens with one attached hydrogen (secondary N) is 1. The number of anilines is 1. The Morgan fingerprint density at radius 3 is 2.74 bits per heavy atom. The van der Waals surface area contributed by atoms with Gasteiger partial charge in [0.2, 0.25) is 0 Å². The molecule has 2 aromatic rings. The van der Waals surface area contributed by atoms with Gasteiger partial charge in [0.1, 0.15) is 11.5 Å². The molecule has 4 heteroatoms. The predicted molar refractivity (Wildman–Crippen MR) is 92.1 cm³/mol. The van der Waals surface area contributed by atoms with E-state index in [1.54, 1.807) is 18.2 Å². The molecule has 0 aromatic heterocycles. The van der Waals surface area contributed by atoms with E-state index in [0.717, 1.165) is 23.3 Å². The van der Waals surface area contributed by atoms with E-state index in [0.29, 0.717) is 11.6 Å². The summed E-state index contributed by atoms with van der Waals surface area (Å²) in [6.07, 6.45) is 1.00. The van der Waals surface area contributed by atoms with Crippen LogP contribution < -0.4 is 10.1 Å². The van der Waals surface area contributed by atoms with Crippen molar-refractivity contribution in [2.45, 2.75) is 33.1 Å². The lowest BCUT2D eigenvalue weighted by Crippen LogP contribution is -2.20. The maximum absolute atomic E-state index is 12.1. The van der Waals surface area contributed by atoms with Crippen LogP contribution in [0.25, 0.3) is 0 Å². The lowest BCUT2D eigenvalue weighted by atomic mass is 9.98. The lowest BCUT2D eigenvalue weighted by Gasteiger charge is -2.15. The van der Waals surface area contributed by atoms with Crippen LogP contribution in [0.1, 0.15) is 37.3 Å². The minimum absolute atomic E-state index is 0.0453. The molecule has 0 aliphatic heterocycles. The van der Waals surface area contributed by atoms with Crippen molar-refractivity contribution in [1.82, 2.24) is 0 Å². The molecule has 1 unspecified atom stereocenters. The second-order valence-corrected chi connectivity index (χ2v) is 5.70. The number of benzene rings is 2. The summed E-state index contributed by atoms with van der Waals surface area (Å²) in [5.74, 6) is 0.842. The molecule has 0 saturated heterocycles. The highest BCUT2D eigenvalue weighted by atomic mass is 16.5. The highest BCUT2D eigenvalue weighted by Crippen LogP contribution is 2.28. The normalized spacial score (nSPS) is 11.8. The molecule has 0 aliphatic rings. The van der Waals surface area contributed by atoms with Crippen molar-refractivity contribution in [3.05, 3.63) is 53.6 Å². The number of rotatable bonds is 6. The Morgan fingerprint density at radius 2 is 2.00 bits per heavy atom. The van der Waals surface area contributed by atoms with Gasteiger partial charge in [0, 0.05) is 0 Å². The average Bonchev–Trinajstić information content (AvgIpc) is 2.56. The Morgan fingerprint density at radius 1 is 1.26 bits per heavy atom. The fourth-order valence-electron chi connectivity index (χ4n) is 2.32. The highest BCUT2D eigenvalue weighted by Gasteiger charge is 2.12. The summed E-state index contributed by atoms with van der Waals surface area (Å²) in [5, 5.41) is 12.4. The van der Waals surface area contributed by atoms with Crippen LogP contribution in [0.15, 0.2) is 42.5 Å². The molecule has 1 amide bonds. The van der Waals surface area contributed by atoms with Crippen LogP contribution in [-0.4, -0.2) is 17.6 Å². The molecule has 0 radical (unpaired) electrons. The number of aryl methyl sites for hydroxylation is 1. The molecule has 23 heavy (non-hydrogen) atoms. The van der Waals surface area contributed by atoms with E-state index < -0.39 is 0 Å². The van der Waals surface area contributed by atoms with Gasteiger partial charge in [-0.15, -0.1) is 0 Å². The van der Waals surface area contributed by atoms with E-state index in [1.165, 1.54) is 0 Å². The monoisotopic (exact) mass is 313 g/mol. The van der Waals surface area contributed by atoms with Gasteiger partial charge in [-0.2, -0.15) is 0 Å². The highest BCUT2D eigenvalue weighted by molar-refractivity contribution is 5.93. The summed E-state index contributed by atoms with van der Waals surface area (Å²) in [5.41, 5.74) is 2.45. The van der Waals surface area contributed by atoms with Gasteiger partial charge in [0.25, 0.3) is 5.91 Å². The molecule has 2 rings (SSSR count). The van der Waals surface area contributed by atoms with Crippen molar-refractivity contribution >= 4 is 11.6 Å². The van der Waals surface area contributed by atoms with Crippen molar-refractivity contribution in [3.63, 3.8) is 0 Å². The van der Waals surface area contributed by atoms with Crippen LogP contribution in [0, 0.1) is 6.92 Å². The zero-order chi connectivity index (χ0) is 16.8. The fraction of sp³-hybridized carbons (Fsp3) is 0.316. The van der Waals surface area contributed by atoms with Crippen molar-refractivity contribution < 1.29 is 14.6 Å². The Bertz CT molecular complexity index is 682. The van der Waals surface area contributed by atoms with Gasteiger partial charge in [-0.1, -0.05) is 38.1 Å². The number of carbonyl (C=O) groups excluding carboxylic acids is 1. The van der Waals surface area contributed by atoms with Crippen molar-refractivity contribution in [3.8, 4) is 11.5 Å². The maximum Gasteiger partial charge on any atom is 0.262 e. The van der Waals surface area contributed by atoms with E-state index in [4.69, 9.17) is 4.74 Å². The third-order valence-electron chi connectivity index (χ3n) is 3.85. The lowest BCUT2D eigenvalue weighted by molar-refractivity contribution is -0.118. The minimum Gasteiger partial charge on any atom is -0.506 e. The van der Waals surface area contributed by atoms with Gasteiger partial charge in [0.15, 0.2) is 6.61 Å². The molecule has 0 fully saturated rings. The van der Waals surface area contributed by atoms with E-state index in [-0.39, 0.29) is 18.3 Å². The first-order valence-corrected chi connectivity index (χ1v) is 7.82. The molecule has 1 atom stereocenters. The second kappa shape index (κ2) is 7.68. The zero-order valence-corrected chi connectivity index (χ0v) is 13.8. The number of hydrogen-bond acceptors (Lipinski definition) is 3. The van der Waals surface area contributed by atoms with Gasteiger partial charge in [0.05, 0.1) is 5.69 Å². The number of phenols is 1. The average molecular weight is 313 g/mol. The Labute approximate surface area is 137 Å². The SMILES string of the molecule is CCC(C)c1ccccc1OCC(=O)Nc1cc(C)ccc1O. The smallest absolute Gasteiger partial charge is 0.262 e. The molecule has 0 aliphatic carbocycles. The topological polar surface area (TPSA) is 58.6 Å². The predicted octanol–water partition coefficient (Wildman–Crippen LogP) is 4.23. The van der Waals surface area contributed by atoms with Gasteiger partial charge >= 0.3 is 0 Å². The van der Waals surface area contributed by atoms with Crippen molar-refractivity contribution in [1.29, 1.82) is 0 Å². The molecular weight excluding hydrogens is 290 g/mol. The molecule has 122 valence electrons. The van der Waals surface area contributed by atoms with E-state index in [2.05, 4.69) is 19.2 Å². The first-order valence-electron chi connectivity index (χ1n) is 7.82. The third-order valence-corrected chi connectivity index (χ3v) is 3.85. The van der Waals surface area contributed by atoms with Gasteiger partial charge in [-0.25, -0.2) is 0 Å². The summed E-state index contributed by atoms with van der Waals surface area (Å²) in [4.78, 5) is 12.1. The van der Waals surface area contributed by atoms with Gasteiger partial charge in [-0.3, -0.25) is 4.79 Å². The Kier molecular flexibility index (Phi) is 5.63. The third kappa shape index (κ3) is 4.49. The van der Waals surface area contributed by atoms with Gasteiger partial charge < -0.3 is 15.2 Å². The molecule has 0 heterocycles. The minimum atomic E-state index is -0.301. The molecular formula is C19H23NO3. The van der Waals surface area contributed by atoms with E-state index in [1.807, 2.05) is 31.2 Å². The molecule has 0 bridgehead atoms. The number of phenolic OH excluding ortho intramolecular Hbond substituents is 1.